The maximum Gasteiger partial charge on any atom is 0.417 e. The first-order valence-corrected chi connectivity index (χ1v) is 13.4. The second-order valence-electron chi connectivity index (χ2n) is 7.87. The van der Waals surface area contributed by atoms with Crippen LogP contribution in [-0.2, 0) is 22.6 Å². The molecule has 0 aliphatic rings. The zero-order chi connectivity index (χ0) is 26.3. The summed E-state index contributed by atoms with van der Waals surface area (Å²) >= 11 is 7.36. The number of hydrogen-bond acceptors (Lipinski definition) is 5. The van der Waals surface area contributed by atoms with Crippen molar-refractivity contribution >= 4 is 32.8 Å². The van der Waals surface area contributed by atoms with Crippen LogP contribution < -0.4 is 5.56 Å². The van der Waals surface area contributed by atoms with Crippen LogP contribution in [0.1, 0.15) is 16.7 Å². The first kappa shape index (κ1) is 25.7. The minimum absolute atomic E-state index is 0.0183. The summed E-state index contributed by atoms with van der Waals surface area (Å²) < 4.78 is 65.9. The minimum atomic E-state index is -4.91. The van der Waals surface area contributed by atoms with Crippen molar-refractivity contribution in [3.63, 3.8) is 0 Å². The highest BCUT2D eigenvalue weighted by molar-refractivity contribution is 7.90. The average molecular weight is 549 g/mol. The third-order valence-corrected chi connectivity index (χ3v) is 8.08. The molecular weight excluding hydrogens is 533 g/mol. The van der Waals surface area contributed by atoms with Crippen molar-refractivity contribution in [2.45, 2.75) is 17.6 Å². The van der Waals surface area contributed by atoms with Gasteiger partial charge in [0.1, 0.15) is 11.6 Å². The quantitative estimate of drug-likeness (QED) is 0.296. The molecule has 4 rings (SSSR count). The average Bonchev–Trinajstić information content (AvgIpc) is 3.30. The van der Waals surface area contributed by atoms with Crippen molar-refractivity contribution in [3.8, 4) is 27.1 Å². The number of hydrogen-bond donors (Lipinski definition) is 0. The third kappa shape index (κ3) is 5.09. The number of sulfone groups is 1. The molecule has 0 amide bonds. The van der Waals surface area contributed by atoms with Crippen LogP contribution in [0.4, 0.5) is 13.2 Å². The number of pyridine rings is 1. The number of aromatic nitrogens is 1. The Morgan fingerprint density at radius 1 is 1.03 bits per heavy atom. The van der Waals surface area contributed by atoms with Gasteiger partial charge in [0.25, 0.3) is 5.56 Å². The molecule has 184 valence electrons. The Bertz CT molecular complexity index is 1670. The van der Waals surface area contributed by atoms with E-state index in [2.05, 4.69) is 0 Å². The predicted octanol–water partition coefficient (Wildman–Crippen LogP) is 6.24. The lowest BCUT2D eigenvalue weighted by Gasteiger charge is -2.17. The zero-order valence-corrected chi connectivity index (χ0v) is 20.9. The standard InChI is InChI=1S/C25H16ClF3N2O3S2/c1-36(33,34)17-8-6-15(7-9-17)22-10-11-23(35-22)21-12-19(25(27,28)29)18(13-30)24(32)31(21)14-16-4-2-3-5-20(16)26/h2-12H,14H2,1H3. The second-order valence-corrected chi connectivity index (χ2v) is 11.4. The van der Waals surface area contributed by atoms with E-state index in [9.17, 15) is 31.6 Å². The van der Waals surface area contributed by atoms with Crippen LogP contribution in [0.25, 0.3) is 21.0 Å². The monoisotopic (exact) mass is 548 g/mol. The summed E-state index contributed by atoms with van der Waals surface area (Å²) in [7, 11) is -3.39. The molecule has 2 aromatic heterocycles. The van der Waals surface area contributed by atoms with E-state index in [1.807, 2.05) is 0 Å². The zero-order valence-electron chi connectivity index (χ0n) is 18.5. The first-order valence-electron chi connectivity index (χ1n) is 10.3. The van der Waals surface area contributed by atoms with E-state index in [1.54, 1.807) is 48.5 Å². The van der Waals surface area contributed by atoms with Gasteiger partial charge in [-0.25, -0.2) is 8.42 Å². The lowest BCUT2D eigenvalue weighted by molar-refractivity contribution is -0.137. The van der Waals surface area contributed by atoms with Gasteiger partial charge in [0.05, 0.1) is 27.6 Å². The summed E-state index contributed by atoms with van der Waals surface area (Å²) in [4.78, 5) is 14.3. The van der Waals surface area contributed by atoms with E-state index in [0.717, 1.165) is 28.2 Å². The molecule has 0 fully saturated rings. The summed E-state index contributed by atoms with van der Waals surface area (Å²) in [6, 6.07) is 18.2. The van der Waals surface area contributed by atoms with Gasteiger partial charge in [-0.15, -0.1) is 11.3 Å². The SMILES string of the molecule is CS(=O)(=O)c1ccc(-c2ccc(-c3cc(C(F)(F)F)c(C#N)c(=O)n3Cc3ccccc3Cl)s2)cc1. The van der Waals surface area contributed by atoms with Crippen LogP contribution in [0.15, 0.2) is 76.4 Å². The fourth-order valence-electron chi connectivity index (χ4n) is 3.63. The highest BCUT2D eigenvalue weighted by atomic mass is 35.5. The lowest BCUT2D eigenvalue weighted by Crippen LogP contribution is -2.28. The molecule has 36 heavy (non-hydrogen) atoms. The number of halogens is 4. The molecule has 2 heterocycles. The molecular formula is C25H16ClF3N2O3S2. The number of rotatable bonds is 5. The summed E-state index contributed by atoms with van der Waals surface area (Å²) in [5, 5.41) is 9.70. The Morgan fingerprint density at radius 3 is 2.25 bits per heavy atom. The summed E-state index contributed by atoms with van der Waals surface area (Å²) in [5.41, 5.74) is -2.24. The van der Waals surface area contributed by atoms with Gasteiger partial charge in [-0.05, 0) is 47.5 Å². The number of nitrogens with zero attached hydrogens (tertiary/aromatic N) is 2. The highest BCUT2D eigenvalue weighted by Crippen LogP contribution is 2.38. The largest absolute Gasteiger partial charge is 0.417 e. The maximum absolute atomic E-state index is 13.8. The van der Waals surface area contributed by atoms with E-state index < -0.39 is 32.7 Å². The second kappa shape index (κ2) is 9.58. The van der Waals surface area contributed by atoms with Gasteiger partial charge in [-0.2, -0.15) is 18.4 Å². The first-order chi connectivity index (χ1) is 16.9. The normalized spacial score (nSPS) is 11.9. The summed E-state index contributed by atoms with van der Waals surface area (Å²) in [6.07, 6.45) is -3.82. The van der Waals surface area contributed by atoms with Crippen molar-refractivity contribution in [2.75, 3.05) is 6.26 Å². The fourth-order valence-corrected chi connectivity index (χ4v) is 5.50. The van der Waals surface area contributed by atoms with Crippen LogP contribution in [0.2, 0.25) is 5.02 Å². The van der Waals surface area contributed by atoms with Gasteiger partial charge in [-0.1, -0.05) is 41.9 Å². The Morgan fingerprint density at radius 2 is 1.67 bits per heavy atom. The van der Waals surface area contributed by atoms with Crippen LogP contribution in [-0.4, -0.2) is 19.2 Å². The van der Waals surface area contributed by atoms with E-state index in [1.165, 1.54) is 18.2 Å². The molecule has 0 radical (unpaired) electrons. The highest BCUT2D eigenvalue weighted by Gasteiger charge is 2.36. The van der Waals surface area contributed by atoms with Crippen molar-refractivity contribution in [2.24, 2.45) is 0 Å². The number of thiophene rings is 1. The van der Waals surface area contributed by atoms with E-state index in [4.69, 9.17) is 11.6 Å². The molecule has 0 aliphatic carbocycles. The Labute approximate surface area is 213 Å². The lowest BCUT2D eigenvalue weighted by atomic mass is 10.1. The number of benzene rings is 2. The van der Waals surface area contributed by atoms with Gasteiger partial charge in [0, 0.05) is 16.2 Å². The maximum atomic E-state index is 13.8. The topological polar surface area (TPSA) is 79.9 Å². The van der Waals surface area contributed by atoms with Crippen molar-refractivity contribution < 1.29 is 21.6 Å². The molecule has 0 atom stereocenters. The van der Waals surface area contributed by atoms with Crippen LogP contribution in [0.3, 0.4) is 0 Å². The van der Waals surface area contributed by atoms with Crippen LogP contribution in [0, 0.1) is 11.3 Å². The Hall–Kier alpha value is -3.39. The Balaban J connectivity index is 1.89. The molecule has 5 nitrogen and oxygen atoms in total. The number of nitriles is 1. The molecule has 0 saturated carbocycles. The summed E-state index contributed by atoms with van der Waals surface area (Å²) in [6.45, 7) is -0.142. The Kier molecular flexibility index (Phi) is 6.84. The molecule has 11 heteroatoms. The molecule has 4 aromatic rings. The number of alkyl halides is 3. The molecule has 0 unspecified atom stereocenters. The summed E-state index contributed by atoms with van der Waals surface area (Å²) in [5.74, 6) is 0. The van der Waals surface area contributed by atoms with Crippen LogP contribution >= 0.6 is 22.9 Å². The van der Waals surface area contributed by atoms with Gasteiger partial charge in [0.2, 0.25) is 0 Å². The molecule has 0 bridgehead atoms. The van der Waals surface area contributed by atoms with Gasteiger partial charge >= 0.3 is 6.18 Å². The van der Waals surface area contributed by atoms with Crippen molar-refractivity contribution in [3.05, 3.63) is 98.8 Å². The van der Waals surface area contributed by atoms with Gasteiger partial charge < -0.3 is 4.57 Å². The van der Waals surface area contributed by atoms with E-state index in [-0.39, 0.29) is 17.1 Å². The third-order valence-electron chi connectivity index (χ3n) is 5.43. The molecule has 0 saturated heterocycles. The van der Waals surface area contributed by atoms with Crippen molar-refractivity contribution in [1.82, 2.24) is 4.57 Å². The molecule has 0 spiro atoms. The van der Waals surface area contributed by atoms with Gasteiger partial charge in [-0.3, -0.25) is 4.79 Å². The van der Waals surface area contributed by atoms with E-state index in [0.29, 0.717) is 25.9 Å². The van der Waals surface area contributed by atoms with Crippen LogP contribution in [0.5, 0.6) is 0 Å². The fraction of sp³-hybridized carbons (Fsp3) is 0.120. The minimum Gasteiger partial charge on any atom is -0.302 e. The molecule has 0 aliphatic heterocycles. The van der Waals surface area contributed by atoms with Crippen molar-refractivity contribution in [1.29, 1.82) is 5.26 Å². The smallest absolute Gasteiger partial charge is 0.302 e. The molecule has 2 aromatic carbocycles. The van der Waals surface area contributed by atoms with Gasteiger partial charge in [0.15, 0.2) is 9.84 Å². The molecule has 0 N–H and O–H groups in total. The predicted molar refractivity (Wildman–Crippen MR) is 133 cm³/mol. The van der Waals surface area contributed by atoms with E-state index >= 15 is 0 Å².